The summed E-state index contributed by atoms with van der Waals surface area (Å²) in [5.41, 5.74) is 3.94. The van der Waals surface area contributed by atoms with Crippen molar-refractivity contribution in [3.8, 4) is 11.3 Å². The summed E-state index contributed by atoms with van der Waals surface area (Å²) in [6.45, 7) is 3.61. The van der Waals surface area contributed by atoms with Crippen LogP contribution in [0.1, 0.15) is 18.4 Å². The first-order valence-electron chi connectivity index (χ1n) is 9.80. The van der Waals surface area contributed by atoms with Crippen LogP contribution in [-0.4, -0.2) is 29.2 Å². The number of anilines is 2. The van der Waals surface area contributed by atoms with Gasteiger partial charge in [0.25, 0.3) is 0 Å². The van der Waals surface area contributed by atoms with Gasteiger partial charge in [-0.15, -0.1) is 10.2 Å². The Balaban J connectivity index is 1.42. The number of benzene rings is 2. The molecule has 0 aliphatic carbocycles. The summed E-state index contributed by atoms with van der Waals surface area (Å²) in [4.78, 5) is 14.9. The van der Waals surface area contributed by atoms with E-state index in [1.165, 1.54) is 5.56 Å². The van der Waals surface area contributed by atoms with E-state index in [1.807, 2.05) is 36.4 Å². The number of nitrogens with zero attached hydrogens (tertiary/aromatic N) is 3. The van der Waals surface area contributed by atoms with E-state index >= 15 is 0 Å². The zero-order chi connectivity index (χ0) is 20.2. The van der Waals surface area contributed by atoms with Gasteiger partial charge in [0.05, 0.1) is 11.6 Å². The van der Waals surface area contributed by atoms with Gasteiger partial charge in [-0.1, -0.05) is 51.8 Å². The van der Waals surface area contributed by atoms with E-state index < -0.39 is 0 Å². The number of rotatable bonds is 4. The van der Waals surface area contributed by atoms with Crippen molar-refractivity contribution in [3.63, 3.8) is 0 Å². The molecule has 4 rings (SSSR count). The van der Waals surface area contributed by atoms with Crippen molar-refractivity contribution < 1.29 is 4.79 Å². The lowest BCUT2D eigenvalue weighted by molar-refractivity contribution is -0.120. The fourth-order valence-electron chi connectivity index (χ4n) is 3.58. The average molecular weight is 451 g/mol. The van der Waals surface area contributed by atoms with E-state index in [1.54, 1.807) is 0 Å². The lowest BCUT2D eigenvalue weighted by Crippen LogP contribution is -2.41. The van der Waals surface area contributed by atoms with Crippen molar-refractivity contribution in [1.82, 2.24) is 10.2 Å². The van der Waals surface area contributed by atoms with Gasteiger partial charge in [0.1, 0.15) is 0 Å². The second kappa shape index (κ2) is 8.74. The zero-order valence-electron chi connectivity index (χ0n) is 16.3. The number of carbonyl (C=O) groups excluding carboxylic acids is 1. The molecule has 2 heterocycles. The largest absolute Gasteiger partial charge is 0.354 e. The van der Waals surface area contributed by atoms with E-state index in [-0.39, 0.29) is 11.8 Å². The van der Waals surface area contributed by atoms with Crippen molar-refractivity contribution in [3.05, 3.63) is 70.7 Å². The van der Waals surface area contributed by atoms with Gasteiger partial charge >= 0.3 is 0 Å². The van der Waals surface area contributed by atoms with E-state index in [9.17, 15) is 4.79 Å². The number of piperidine rings is 1. The molecule has 5 nitrogen and oxygen atoms in total. The quantitative estimate of drug-likeness (QED) is 0.602. The maximum atomic E-state index is 12.7. The predicted octanol–water partition coefficient (Wildman–Crippen LogP) is 5.07. The predicted molar refractivity (Wildman–Crippen MR) is 120 cm³/mol. The molecule has 3 aromatic rings. The summed E-state index contributed by atoms with van der Waals surface area (Å²) in [5, 5.41) is 11.9. The third-order valence-corrected chi connectivity index (χ3v) is 5.70. The van der Waals surface area contributed by atoms with Crippen LogP contribution in [0, 0.1) is 12.8 Å². The third-order valence-electron chi connectivity index (χ3n) is 5.21. The van der Waals surface area contributed by atoms with Gasteiger partial charge in [-0.2, -0.15) is 0 Å². The Morgan fingerprint density at radius 2 is 1.93 bits per heavy atom. The molecule has 0 saturated carbocycles. The van der Waals surface area contributed by atoms with Gasteiger partial charge < -0.3 is 10.2 Å². The van der Waals surface area contributed by atoms with E-state index in [0.717, 1.165) is 46.6 Å². The second-order valence-electron chi connectivity index (χ2n) is 7.43. The van der Waals surface area contributed by atoms with Crippen LogP contribution in [0.4, 0.5) is 11.5 Å². The number of hydrogen-bond donors (Lipinski definition) is 1. The van der Waals surface area contributed by atoms with Gasteiger partial charge in [-0.3, -0.25) is 4.79 Å². The molecular weight excluding hydrogens is 428 g/mol. The van der Waals surface area contributed by atoms with Crippen LogP contribution in [-0.2, 0) is 4.79 Å². The van der Waals surface area contributed by atoms with Crippen molar-refractivity contribution >= 4 is 33.3 Å². The Labute approximate surface area is 179 Å². The zero-order valence-corrected chi connectivity index (χ0v) is 17.9. The van der Waals surface area contributed by atoms with Crippen LogP contribution in [0.25, 0.3) is 11.3 Å². The summed E-state index contributed by atoms with van der Waals surface area (Å²) < 4.78 is 0.949. The molecular formula is C23H23BrN4O. The van der Waals surface area contributed by atoms with E-state index in [4.69, 9.17) is 0 Å². The summed E-state index contributed by atoms with van der Waals surface area (Å²) >= 11 is 3.44. The molecule has 0 unspecified atom stereocenters. The molecule has 1 aliphatic heterocycles. The minimum Gasteiger partial charge on any atom is -0.354 e. The number of amides is 1. The van der Waals surface area contributed by atoms with Crippen LogP contribution in [0.3, 0.4) is 0 Å². The molecule has 0 radical (unpaired) electrons. The second-order valence-corrected chi connectivity index (χ2v) is 8.34. The Morgan fingerprint density at radius 1 is 1.10 bits per heavy atom. The van der Waals surface area contributed by atoms with Crippen LogP contribution in [0.2, 0.25) is 0 Å². The smallest absolute Gasteiger partial charge is 0.229 e. The maximum Gasteiger partial charge on any atom is 0.229 e. The van der Waals surface area contributed by atoms with Crippen molar-refractivity contribution in [2.45, 2.75) is 19.8 Å². The van der Waals surface area contributed by atoms with Crippen molar-refractivity contribution in [2.24, 2.45) is 5.92 Å². The first kappa shape index (κ1) is 19.6. The first-order chi connectivity index (χ1) is 14.1. The molecule has 0 bridgehead atoms. The SMILES string of the molecule is Cc1ccc(-c2ccc(N3CCC[C@@H](C(=O)Nc4cccc(Br)c4)C3)nn2)cc1. The fourth-order valence-corrected chi connectivity index (χ4v) is 3.98. The van der Waals surface area contributed by atoms with Gasteiger partial charge in [-0.05, 0) is 50.1 Å². The lowest BCUT2D eigenvalue weighted by atomic mass is 9.97. The summed E-state index contributed by atoms with van der Waals surface area (Å²) in [7, 11) is 0. The van der Waals surface area contributed by atoms with Crippen LogP contribution in [0.15, 0.2) is 65.1 Å². The Bertz CT molecular complexity index is 989. The molecule has 1 amide bonds. The number of halogens is 1. The topological polar surface area (TPSA) is 58.1 Å². The van der Waals surface area contributed by atoms with Crippen LogP contribution < -0.4 is 10.2 Å². The Morgan fingerprint density at radius 3 is 2.66 bits per heavy atom. The van der Waals surface area contributed by atoms with Crippen LogP contribution >= 0.6 is 15.9 Å². The molecule has 1 saturated heterocycles. The highest BCUT2D eigenvalue weighted by Gasteiger charge is 2.27. The molecule has 6 heteroatoms. The third kappa shape index (κ3) is 4.82. The average Bonchev–Trinajstić information content (AvgIpc) is 2.74. The minimum absolute atomic E-state index is 0.0528. The van der Waals surface area contributed by atoms with E-state index in [2.05, 4.69) is 67.5 Å². The lowest BCUT2D eigenvalue weighted by Gasteiger charge is -2.32. The molecule has 1 aromatic heterocycles. The normalized spacial score (nSPS) is 16.5. The molecule has 1 N–H and O–H groups in total. The number of nitrogens with one attached hydrogen (secondary N) is 1. The standard InChI is InChI=1S/C23H23BrN4O/c1-16-7-9-17(10-8-16)21-11-12-22(27-26-21)28-13-3-4-18(15-28)23(29)25-20-6-2-5-19(24)14-20/h2,5-12,14,18H,3-4,13,15H2,1H3,(H,25,29)/t18-/m1/s1. The number of aromatic nitrogens is 2. The van der Waals surface area contributed by atoms with E-state index in [0.29, 0.717) is 6.54 Å². The Hall–Kier alpha value is -2.73. The number of hydrogen-bond acceptors (Lipinski definition) is 4. The molecule has 29 heavy (non-hydrogen) atoms. The van der Waals surface area contributed by atoms with Gasteiger partial charge in [-0.25, -0.2) is 0 Å². The molecule has 0 spiro atoms. The Kier molecular flexibility index (Phi) is 5.90. The maximum absolute atomic E-state index is 12.7. The molecule has 2 aromatic carbocycles. The molecule has 1 fully saturated rings. The highest BCUT2D eigenvalue weighted by Crippen LogP contribution is 2.25. The molecule has 1 atom stereocenters. The highest BCUT2D eigenvalue weighted by molar-refractivity contribution is 9.10. The van der Waals surface area contributed by atoms with Gasteiger partial charge in [0.2, 0.25) is 5.91 Å². The molecule has 1 aliphatic rings. The van der Waals surface area contributed by atoms with Crippen molar-refractivity contribution in [1.29, 1.82) is 0 Å². The first-order valence-corrected chi connectivity index (χ1v) is 10.6. The summed E-state index contributed by atoms with van der Waals surface area (Å²) in [6.07, 6.45) is 1.84. The fraction of sp³-hybridized carbons (Fsp3) is 0.261. The van der Waals surface area contributed by atoms with Gasteiger partial charge in [0.15, 0.2) is 5.82 Å². The van der Waals surface area contributed by atoms with Crippen LogP contribution in [0.5, 0.6) is 0 Å². The summed E-state index contributed by atoms with van der Waals surface area (Å²) in [6, 6.07) is 19.9. The number of aryl methyl sites for hydroxylation is 1. The molecule has 148 valence electrons. The highest BCUT2D eigenvalue weighted by atomic mass is 79.9. The monoisotopic (exact) mass is 450 g/mol. The minimum atomic E-state index is -0.0682. The van der Waals surface area contributed by atoms with Crippen molar-refractivity contribution in [2.75, 3.05) is 23.3 Å². The van der Waals surface area contributed by atoms with Gasteiger partial charge in [0, 0.05) is 28.8 Å². The number of carbonyl (C=O) groups is 1. The summed E-state index contributed by atoms with van der Waals surface area (Å²) in [5.74, 6) is 0.805.